The molecule has 0 amide bonds. The van der Waals surface area contributed by atoms with Gasteiger partial charge in [-0.1, -0.05) is 87.8 Å². The second kappa shape index (κ2) is 20.5. The van der Waals surface area contributed by atoms with Crippen LogP contribution in [0.2, 0.25) is 0 Å². The van der Waals surface area contributed by atoms with Crippen molar-refractivity contribution in [2.45, 2.75) is 79.1 Å². The number of hydrogen-bond acceptors (Lipinski definition) is 5. The second-order valence-electron chi connectivity index (χ2n) is 12.5. The van der Waals surface area contributed by atoms with Crippen LogP contribution < -0.4 is 41.1 Å². The lowest BCUT2D eigenvalue weighted by molar-refractivity contribution is -0.386. The van der Waals surface area contributed by atoms with Crippen LogP contribution in [-0.2, 0) is 0 Å². The quantitative estimate of drug-likeness (QED) is 0.103. The van der Waals surface area contributed by atoms with Gasteiger partial charge in [0.15, 0.2) is 5.75 Å². The molecule has 0 radical (unpaired) electrons. The summed E-state index contributed by atoms with van der Waals surface area (Å²) in [4.78, 5) is 15.7. The van der Waals surface area contributed by atoms with Gasteiger partial charge >= 0.3 is 5.69 Å². The molecule has 6 heteroatoms. The highest BCUT2D eigenvalue weighted by Crippen LogP contribution is 2.20. The molecular weight excluding hydrogens is 643 g/mol. The van der Waals surface area contributed by atoms with Crippen molar-refractivity contribution in [1.29, 1.82) is 0 Å². The van der Waals surface area contributed by atoms with E-state index >= 15 is 0 Å². The maximum absolute atomic E-state index is 11.6. The molecular formula is C46H45N3O3. The average Bonchev–Trinajstić information content (AvgIpc) is 3.14. The van der Waals surface area contributed by atoms with Gasteiger partial charge < -0.3 is 14.9 Å². The lowest BCUT2D eigenvalue weighted by Gasteiger charge is -2.24. The Hall–Kier alpha value is -6.18. The van der Waals surface area contributed by atoms with Crippen molar-refractivity contribution in [3.05, 3.63) is 124 Å². The molecule has 6 nitrogen and oxygen atoms in total. The molecule has 0 aliphatic heterocycles. The van der Waals surface area contributed by atoms with Gasteiger partial charge in [-0.05, 0) is 96.5 Å². The van der Waals surface area contributed by atoms with Gasteiger partial charge in [-0.2, -0.15) is 0 Å². The molecule has 0 bridgehead atoms. The van der Waals surface area contributed by atoms with E-state index in [1.807, 2.05) is 12.1 Å². The van der Waals surface area contributed by atoms with E-state index in [0.717, 1.165) is 99.4 Å². The average molecular weight is 688 g/mol. The number of rotatable bonds is 15. The summed E-state index contributed by atoms with van der Waals surface area (Å²) in [5.41, 5.74) is 37.9. The molecule has 0 saturated heterocycles. The molecule has 0 spiro atoms. The fourth-order valence-electron chi connectivity index (χ4n) is 5.54. The third-order valence-corrected chi connectivity index (χ3v) is 8.54. The molecule has 0 fully saturated rings. The van der Waals surface area contributed by atoms with E-state index in [0.29, 0.717) is 15.7 Å². The molecule has 0 unspecified atom stereocenters. The molecule has 1 aliphatic carbocycles. The first-order valence-electron chi connectivity index (χ1n) is 18.2. The molecule has 4 rings (SSSR count). The number of phenolic OH excluding ortho intramolecular Hbond substituents is 1. The van der Waals surface area contributed by atoms with E-state index < -0.39 is 16.4 Å². The molecule has 1 N–H and O–H groups in total. The lowest BCUT2D eigenvalue weighted by Crippen LogP contribution is -2.29. The smallest absolute Gasteiger partial charge is 0.312 e. The highest BCUT2D eigenvalue weighted by molar-refractivity contribution is 5.51. The Morgan fingerprint density at radius 1 is 0.519 bits per heavy atom. The first kappa shape index (κ1) is 38.6. The van der Waals surface area contributed by atoms with Crippen molar-refractivity contribution >= 4 is 51.4 Å². The van der Waals surface area contributed by atoms with Crippen molar-refractivity contribution in [3.63, 3.8) is 0 Å². The molecule has 0 saturated carbocycles. The predicted octanol–water partition coefficient (Wildman–Crippen LogP) is 5.40. The molecule has 3 aromatic carbocycles. The van der Waals surface area contributed by atoms with Crippen LogP contribution in [0.1, 0.15) is 79.1 Å². The summed E-state index contributed by atoms with van der Waals surface area (Å²) >= 11 is 0. The number of unbranched alkanes of at least 4 members (excludes halogenated alkanes) is 4. The molecule has 0 heterocycles. The standard InChI is InChI=1S/C46H45N3O3/c1-5-9-29-47(30-10-6-2)43-27-25-37-19-13-15-23-41-35-45(49(51)52)46(50)36-42(41)24-16-14-20-38-26-28-44(48(31-11-7-3)32-12-8-4)34-40(38)22-18-17-21-39(37)33-43/h25-28,33-36,50H,5-12,29-32H2,1-4H3. The van der Waals surface area contributed by atoms with Crippen molar-refractivity contribution in [2.24, 2.45) is 0 Å². The second-order valence-corrected chi connectivity index (χ2v) is 12.5. The SMILES string of the molecule is CCCCN(CCCC)c1ccc2c(c1)=C=C=C=C=c1cc(N(CCCC)CCCC)ccc1=C=C=C=C=c1cc([N+](=O)[O-])c(O)cc1=C=C=C=C=2. The Labute approximate surface area is 305 Å². The minimum Gasteiger partial charge on any atom is -0.502 e. The van der Waals surface area contributed by atoms with Gasteiger partial charge in [0.2, 0.25) is 0 Å². The Morgan fingerprint density at radius 3 is 1.19 bits per heavy atom. The predicted molar refractivity (Wildman–Crippen MR) is 211 cm³/mol. The van der Waals surface area contributed by atoms with Gasteiger partial charge in [-0.3, -0.25) is 10.1 Å². The van der Waals surface area contributed by atoms with Crippen LogP contribution >= 0.6 is 0 Å². The Morgan fingerprint density at radius 2 is 0.846 bits per heavy atom. The van der Waals surface area contributed by atoms with Crippen LogP contribution in [-0.4, -0.2) is 36.2 Å². The van der Waals surface area contributed by atoms with Gasteiger partial charge in [0.25, 0.3) is 0 Å². The number of aromatic hydroxyl groups is 1. The van der Waals surface area contributed by atoms with E-state index in [1.54, 1.807) is 0 Å². The van der Waals surface area contributed by atoms with E-state index in [9.17, 15) is 15.2 Å². The highest BCUT2D eigenvalue weighted by Gasteiger charge is 2.13. The van der Waals surface area contributed by atoms with Crippen LogP contribution in [0.25, 0.3) is 34.4 Å². The van der Waals surface area contributed by atoms with Gasteiger partial charge in [-0.15, -0.1) is 0 Å². The lowest BCUT2D eigenvalue weighted by atomic mass is 10.1. The van der Waals surface area contributed by atoms with Gasteiger partial charge in [0.1, 0.15) is 0 Å². The van der Waals surface area contributed by atoms with Crippen molar-refractivity contribution in [1.82, 2.24) is 0 Å². The zero-order chi connectivity index (χ0) is 37.1. The van der Waals surface area contributed by atoms with E-state index in [2.05, 4.69) is 131 Å². The summed E-state index contributed by atoms with van der Waals surface area (Å²) in [6, 6.07) is 14.7. The monoisotopic (exact) mass is 687 g/mol. The van der Waals surface area contributed by atoms with Gasteiger partial charge in [0.05, 0.1) is 4.92 Å². The van der Waals surface area contributed by atoms with Gasteiger partial charge in [0, 0.05) is 81.0 Å². The van der Waals surface area contributed by atoms with Crippen LogP contribution in [0, 0.1) is 10.1 Å². The number of nitro benzene ring substituents is 1. The van der Waals surface area contributed by atoms with E-state index in [4.69, 9.17) is 0 Å². The van der Waals surface area contributed by atoms with E-state index in [1.165, 1.54) is 12.1 Å². The minimum atomic E-state index is -0.656. The zero-order valence-corrected chi connectivity index (χ0v) is 30.7. The number of nitro groups is 1. The van der Waals surface area contributed by atoms with Crippen molar-refractivity contribution in [2.75, 3.05) is 36.0 Å². The first-order valence-corrected chi connectivity index (χ1v) is 18.2. The fourth-order valence-corrected chi connectivity index (χ4v) is 5.54. The highest BCUT2D eigenvalue weighted by atomic mass is 16.6. The molecule has 0 atom stereocenters. The molecule has 3 aromatic rings. The Bertz CT molecular complexity index is 2550. The summed E-state index contributed by atoms with van der Waals surface area (Å²) in [5, 5.41) is 25.4. The van der Waals surface area contributed by atoms with Crippen LogP contribution in [0.3, 0.4) is 0 Å². The number of hydrogen-bond donors (Lipinski definition) is 1. The van der Waals surface area contributed by atoms with Crippen LogP contribution in [0.4, 0.5) is 17.1 Å². The fraction of sp³-hybridized carbons (Fsp3) is 0.348. The number of benzene rings is 3. The first-order chi connectivity index (χ1) is 25.4. The van der Waals surface area contributed by atoms with Crippen LogP contribution in [0.5, 0.6) is 5.75 Å². The third kappa shape index (κ3) is 11.2. The molecule has 0 aromatic heterocycles. The largest absolute Gasteiger partial charge is 0.502 e. The number of nitrogens with zero attached hydrogens (tertiary/aromatic N) is 3. The van der Waals surface area contributed by atoms with Crippen molar-refractivity contribution < 1.29 is 10.0 Å². The summed E-state index contributed by atoms with van der Waals surface area (Å²) in [6.07, 6.45) is 8.79. The summed E-state index contributed by atoms with van der Waals surface area (Å²) in [5.74, 6) is -0.500. The van der Waals surface area contributed by atoms with Gasteiger partial charge in [-0.25, -0.2) is 0 Å². The van der Waals surface area contributed by atoms with Crippen LogP contribution in [0.15, 0.2) is 82.9 Å². The summed E-state index contributed by atoms with van der Waals surface area (Å²) in [7, 11) is 0. The summed E-state index contributed by atoms with van der Waals surface area (Å²) in [6.45, 7) is 12.6. The number of fused-ring (bicyclic) bond motifs is 3. The summed E-state index contributed by atoms with van der Waals surface area (Å²) < 4.78 is 0. The Balaban J connectivity index is 2.24. The zero-order valence-electron chi connectivity index (χ0n) is 30.7. The topological polar surface area (TPSA) is 69.9 Å². The minimum absolute atomic E-state index is 0.266. The normalized spacial score (nSPS) is 10.7. The number of anilines is 2. The maximum atomic E-state index is 11.6. The number of phenols is 1. The Kier molecular flexibility index (Phi) is 15.2. The molecule has 262 valence electrons. The molecule has 1 aliphatic rings. The van der Waals surface area contributed by atoms with Crippen molar-refractivity contribution in [3.8, 4) is 5.75 Å². The third-order valence-electron chi connectivity index (χ3n) is 8.54. The molecule has 52 heavy (non-hydrogen) atoms. The van der Waals surface area contributed by atoms with E-state index in [-0.39, 0.29) is 5.22 Å². The maximum Gasteiger partial charge on any atom is 0.312 e.